The summed E-state index contributed by atoms with van der Waals surface area (Å²) < 4.78 is 1.28. The molecular weight excluding hydrogens is 263 g/mol. The molecule has 0 fully saturated rings. The summed E-state index contributed by atoms with van der Waals surface area (Å²) in [5.41, 5.74) is 1.36. The van der Waals surface area contributed by atoms with Gasteiger partial charge in [-0.15, -0.1) is 0 Å². The number of benzene rings is 1. The fourth-order valence-corrected chi connectivity index (χ4v) is 1.45. The lowest BCUT2D eigenvalue weighted by molar-refractivity contribution is 0.284. The maximum atomic E-state index is 8.59. The van der Waals surface area contributed by atoms with E-state index in [1.165, 1.54) is 9.13 Å². The second kappa shape index (κ2) is 5.54. The second-order valence-electron chi connectivity index (χ2n) is 2.81. The smallest absolute Gasteiger partial charge is 0.0431 e. The molecule has 0 aliphatic rings. The van der Waals surface area contributed by atoms with Crippen LogP contribution in [0.3, 0.4) is 0 Å². The van der Waals surface area contributed by atoms with Crippen molar-refractivity contribution in [1.29, 1.82) is 0 Å². The third kappa shape index (κ3) is 3.54. The highest BCUT2D eigenvalue weighted by Gasteiger charge is 1.92. The molecule has 1 aromatic carbocycles. The number of unbranched alkanes of at least 4 members (excludes halogenated alkanes) is 1. The summed E-state index contributed by atoms with van der Waals surface area (Å²) in [7, 11) is 0. The molecule has 1 nitrogen and oxygen atoms in total. The van der Waals surface area contributed by atoms with Crippen molar-refractivity contribution < 1.29 is 5.11 Å². The zero-order chi connectivity index (χ0) is 8.81. The Balaban J connectivity index is 2.37. The largest absolute Gasteiger partial charge is 0.396 e. The van der Waals surface area contributed by atoms with Crippen molar-refractivity contribution in [1.82, 2.24) is 0 Å². The highest BCUT2D eigenvalue weighted by Crippen LogP contribution is 2.09. The molecule has 0 saturated carbocycles. The average molecular weight is 276 g/mol. The lowest BCUT2D eigenvalue weighted by Crippen LogP contribution is -1.88. The van der Waals surface area contributed by atoms with Crippen LogP contribution in [0.15, 0.2) is 24.3 Å². The van der Waals surface area contributed by atoms with E-state index in [0.717, 1.165) is 19.3 Å². The molecule has 0 bridgehead atoms. The highest BCUT2D eigenvalue weighted by atomic mass is 127. The SMILES string of the molecule is OCCCCc1ccc(I)cc1. The van der Waals surface area contributed by atoms with E-state index in [1.807, 2.05) is 0 Å². The van der Waals surface area contributed by atoms with E-state index >= 15 is 0 Å². The Hall–Kier alpha value is -0.0900. The fraction of sp³-hybridized carbons (Fsp3) is 0.400. The Morgan fingerprint density at radius 3 is 2.33 bits per heavy atom. The molecule has 1 rings (SSSR count). The summed E-state index contributed by atoms with van der Waals surface area (Å²) in [4.78, 5) is 0. The highest BCUT2D eigenvalue weighted by molar-refractivity contribution is 14.1. The molecule has 1 aromatic rings. The van der Waals surface area contributed by atoms with Gasteiger partial charge in [-0.25, -0.2) is 0 Å². The Labute approximate surface area is 86.9 Å². The Bertz CT molecular complexity index is 218. The molecule has 0 amide bonds. The number of rotatable bonds is 4. The van der Waals surface area contributed by atoms with E-state index in [2.05, 4.69) is 46.9 Å². The van der Waals surface area contributed by atoms with E-state index in [1.54, 1.807) is 0 Å². The lowest BCUT2D eigenvalue weighted by Gasteiger charge is -1.99. The first kappa shape index (κ1) is 9.99. The molecule has 0 spiro atoms. The van der Waals surface area contributed by atoms with Gasteiger partial charge in [-0.3, -0.25) is 0 Å². The van der Waals surface area contributed by atoms with E-state index in [4.69, 9.17) is 5.11 Å². The van der Waals surface area contributed by atoms with Crippen LogP contribution in [0.2, 0.25) is 0 Å². The Morgan fingerprint density at radius 2 is 1.75 bits per heavy atom. The van der Waals surface area contributed by atoms with Crippen LogP contribution in [-0.2, 0) is 6.42 Å². The van der Waals surface area contributed by atoms with Crippen molar-refractivity contribution in [3.8, 4) is 0 Å². The van der Waals surface area contributed by atoms with Gasteiger partial charge in [-0.2, -0.15) is 0 Å². The van der Waals surface area contributed by atoms with Crippen LogP contribution in [0, 0.1) is 3.57 Å². The molecule has 0 atom stereocenters. The Kier molecular flexibility index (Phi) is 4.61. The van der Waals surface area contributed by atoms with E-state index in [0.29, 0.717) is 6.61 Å². The first-order chi connectivity index (χ1) is 5.83. The molecule has 0 aliphatic heterocycles. The van der Waals surface area contributed by atoms with Crippen molar-refractivity contribution in [3.05, 3.63) is 33.4 Å². The molecule has 0 aromatic heterocycles. The minimum Gasteiger partial charge on any atom is -0.396 e. The third-order valence-corrected chi connectivity index (χ3v) is 2.51. The molecule has 2 heteroatoms. The fourth-order valence-electron chi connectivity index (χ4n) is 1.09. The predicted octanol–water partition coefficient (Wildman–Crippen LogP) is 2.61. The summed E-state index contributed by atoms with van der Waals surface area (Å²) in [6.07, 6.45) is 3.07. The minimum absolute atomic E-state index is 0.310. The van der Waals surface area contributed by atoms with E-state index < -0.39 is 0 Å². The van der Waals surface area contributed by atoms with Crippen molar-refractivity contribution in [2.75, 3.05) is 6.61 Å². The summed E-state index contributed by atoms with van der Waals surface area (Å²) in [6, 6.07) is 8.54. The summed E-state index contributed by atoms with van der Waals surface area (Å²) in [5.74, 6) is 0. The van der Waals surface area contributed by atoms with E-state index in [9.17, 15) is 0 Å². The number of aliphatic hydroxyl groups excluding tert-OH is 1. The predicted molar refractivity (Wildman–Crippen MR) is 59.2 cm³/mol. The minimum atomic E-state index is 0.310. The molecule has 12 heavy (non-hydrogen) atoms. The number of aliphatic hydroxyl groups is 1. The maximum absolute atomic E-state index is 8.59. The first-order valence-corrected chi connectivity index (χ1v) is 5.26. The second-order valence-corrected chi connectivity index (χ2v) is 4.05. The van der Waals surface area contributed by atoms with Crippen LogP contribution in [0.1, 0.15) is 18.4 Å². The van der Waals surface area contributed by atoms with E-state index in [-0.39, 0.29) is 0 Å². The van der Waals surface area contributed by atoms with Crippen LogP contribution >= 0.6 is 22.6 Å². The van der Waals surface area contributed by atoms with Gasteiger partial charge in [-0.05, 0) is 59.5 Å². The van der Waals surface area contributed by atoms with Gasteiger partial charge in [0.1, 0.15) is 0 Å². The molecular formula is C10H13IO. The van der Waals surface area contributed by atoms with Crippen LogP contribution in [0.5, 0.6) is 0 Å². The molecule has 1 N–H and O–H groups in total. The third-order valence-electron chi connectivity index (χ3n) is 1.79. The maximum Gasteiger partial charge on any atom is 0.0431 e. The van der Waals surface area contributed by atoms with Crippen molar-refractivity contribution in [2.24, 2.45) is 0 Å². The van der Waals surface area contributed by atoms with Crippen molar-refractivity contribution in [2.45, 2.75) is 19.3 Å². The average Bonchev–Trinajstić information content (AvgIpc) is 2.09. The molecule has 0 radical (unpaired) electrons. The van der Waals surface area contributed by atoms with Gasteiger partial charge in [0.25, 0.3) is 0 Å². The number of aryl methyl sites for hydroxylation is 1. The van der Waals surface area contributed by atoms with Crippen LogP contribution < -0.4 is 0 Å². The van der Waals surface area contributed by atoms with Crippen LogP contribution in [-0.4, -0.2) is 11.7 Å². The number of hydrogen-bond acceptors (Lipinski definition) is 1. The first-order valence-electron chi connectivity index (χ1n) is 4.18. The van der Waals surface area contributed by atoms with Gasteiger partial charge in [-0.1, -0.05) is 12.1 Å². The number of hydrogen-bond donors (Lipinski definition) is 1. The summed E-state index contributed by atoms with van der Waals surface area (Å²) in [5, 5.41) is 8.59. The molecule has 0 heterocycles. The van der Waals surface area contributed by atoms with Gasteiger partial charge >= 0.3 is 0 Å². The number of halogens is 1. The molecule has 0 aliphatic carbocycles. The standard InChI is InChI=1S/C10H13IO/c11-10-6-4-9(5-7-10)3-1-2-8-12/h4-7,12H,1-3,8H2. The van der Waals surface area contributed by atoms with Gasteiger partial charge in [0.05, 0.1) is 0 Å². The molecule has 0 saturated heterocycles. The van der Waals surface area contributed by atoms with Crippen molar-refractivity contribution in [3.63, 3.8) is 0 Å². The van der Waals surface area contributed by atoms with Crippen molar-refractivity contribution >= 4 is 22.6 Å². The quantitative estimate of drug-likeness (QED) is 0.662. The van der Waals surface area contributed by atoms with Gasteiger partial charge in [0.2, 0.25) is 0 Å². The summed E-state index contributed by atoms with van der Waals surface area (Å²) in [6.45, 7) is 0.310. The molecule has 0 unspecified atom stereocenters. The summed E-state index contributed by atoms with van der Waals surface area (Å²) >= 11 is 2.30. The van der Waals surface area contributed by atoms with Crippen LogP contribution in [0.4, 0.5) is 0 Å². The monoisotopic (exact) mass is 276 g/mol. The zero-order valence-corrected chi connectivity index (χ0v) is 9.12. The van der Waals surface area contributed by atoms with Gasteiger partial charge in [0, 0.05) is 10.2 Å². The Morgan fingerprint density at radius 1 is 1.08 bits per heavy atom. The lowest BCUT2D eigenvalue weighted by atomic mass is 10.1. The zero-order valence-electron chi connectivity index (χ0n) is 6.96. The van der Waals surface area contributed by atoms with Crippen LogP contribution in [0.25, 0.3) is 0 Å². The topological polar surface area (TPSA) is 20.2 Å². The van der Waals surface area contributed by atoms with Gasteiger partial charge in [0.15, 0.2) is 0 Å². The molecule has 66 valence electrons. The van der Waals surface area contributed by atoms with Gasteiger partial charge < -0.3 is 5.11 Å². The normalized spacial score (nSPS) is 10.2.